The Morgan fingerprint density at radius 2 is 2.33 bits per heavy atom. The molecule has 1 aromatic rings. The summed E-state index contributed by atoms with van der Waals surface area (Å²) in [5, 5.41) is 5.22. The van der Waals surface area contributed by atoms with Crippen LogP contribution in [0.5, 0.6) is 0 Å². The molecule has 1 atom stereocenters. The van der Waals surface area contributed by atoms with Gasteiger partial charge in [-0.25, -0.2) is 19.1 Å². The molecular weight excluding hydrogens is 174 g/mol. The lowest BCUT2D eigenvalue weighted by Gasteiger charge is -2.00. The van der Waals surface area contributed by atoms with E-state index in [0.29, 0.717) is 0 Å². The van der Waals surface area contributed by atoms with Gasteiger partial charge in [-0.2, -0.15) is 0 Å². The first-order valence-corrected chi connectivity index (χ1v) is 5.17. The van der Waals surface area contributed by atoms with Crippen molar-refractivity contribution in [3.05, 3.63) is 23.9 Å². The van der Waals surface area contributed by atoms with Crippen LogP contribution in [0.15, 0.2) is 23.4 Å². The molecule has 0 amide bonds. The van der Waals surface area contributed by atoms with Crippen molar-refractivity contribution >= 4 is 9.92 Å². The van der Waals surface area contributed by atoms with Crippen molar-refractivity contribution in [3.63, 3.8) is 0 Å². The van der Waals surface area contributed by atoms with Crippen LogP contribution in [-0.2, 0) is 16.3 Å². The van der Waals surface area contributed by atoms with Gasteiger partial charge < -0.3 is 0 Å². The maximum Gasteiger partial charge on any atom is 0.150 e. The zero-order valence-corrected chi connectivity index (χ0v) is 7.60. The Kier molecular flexibility index (Phi) is 2.44. The van der Waals surface area contributed by atoms with Crippen LogP contribution in [0, 0.1) is 4.78 Å². The molecule has 5 heteroatoms. The SMILES string of the molecule is CCc1ccc(S(=N)(N)=O)nc1. The molecule has 12 heavy (non-hydrogen) atoms. The average Bonchev–Trinajstić information content (AvgIpc) is 2.03. The first kappa shape index (κ1) is 9.15. The highest BCUT2D eigenvalue weighted by atomic mass is 32.2. The summed E-state index contributed by atoms with van der Waals surface area (Å²) in [6.07, 6.45) is 2.47. The highest BCUT2D eigenvalue weighted by Gasteiger charge is 2.03. The summed E-state index contributed by atoms with van der Waals surface area (Å²) in [5.41, 5.74) is 1.04. The molecule has 1 unspecified atom stereocenters. The summed E-state index contributed by atoms with van der Waals surface area (Å²) in [7, 11) is -3.14. The number of nitrogens with one attached hydrogen (secondary N) is 1. The van der Waals surface area contributed by atoms with E-state index in [2.05, 4.69) is 4.98 Å². The fraction of sp³-hybridized carbons (Fsp3) is 0.286. The minimum Gasteiger partial charge on any atom is -0.245 e. The molecule has 0 aromatic carbocycles. The molecule has 0 fully saturated rings. The zero-order valence-electron chi connectivity index (χ0n) is 6.78. The van der Waals surface area contributed by atoms with Gasteiger partial charge in [0.2, 0.25) is 0 Å². The number of rotatable bonds is 2. The number of aromatic nitrogens is 1. The molecule has 1 aromatic heterocycles. The van der Waals surface area contributed by atoms with Crippen LogP contribution in [0.3, 0.4) is 0 Å². The van der Waals surface area contributed by atoms with Gasteiger partial charge in [-0.05, 0) is 18.1 Å². The predicted octanol–water partition coefficient (Wildman–Crippen LogP) is 0.923. The Morgan fingerprint density at radius 3 is 2.67 bits per heavy atom. The number of nitrogens with zero attached hydrogens (tertiary/aromatic N) is 1. The van der Waals surface area contributed by atoms with Crippen molar-refractivity contribution in [1.82, 2.24) is 4.98 Å². The second-order valence-electron chi connectivity index (χ2n) is 2.46. The minimum absolute atomic E-state index is 0.139. The fourth-order valence-corrected chi connectivity index (χ4v) is 1.28. The highest BCUT2D eigenvalue weighted by molar-refractivity contribution is 7.90. The molecule has 0 aliphatic carbocycles. The largest absolute Gasteiger partial charge is 0.245 e. The second kappa shape index (κ2) is 3.20. The van der Waals surface area contributed by atoms with Crippen LogP contribution in [0.25, 0.3) is 0 Å². The summed E-state index contributed by atoms with van der Waals surface area (Å²) in [6, 6.07) is 3.32. The van der Waals surface area contributed by atoms with Gasteiger partial charge in [0.15, 0.2) is 0 Å². The third-order valence-corrected chi connectivity index (χ3v) is 2.38. The van der Waals surface area contributed by atoms with Crippen LogP contribution in [-0.4, -0.2) is 9.19 Å². The normalized spacial score (nSPS) is 15.5. The van der Waals surface area contributed by atoms with E-state index in [4.69, 9.17) is 9.92 Å². The number of hydrogen-bond acceptors (Lipinski definition) is 3. The standard InChI is InChI=1S/C7H11N3OS/c1-2-6-3-4-7(10-5-6)12(8,9)11/h3-5H,2H2,1H3,(H3,8,9,11). The molecule has 0 bridgehead atoms. The van der Waals surface area contributed by atoms with Gasteiger partial charge in [0.25, 0.3) is 0 Å². The number of aryl methyl sites for hydroxylation is 1. The molecule has 0 aliphatic rings. The molecule has 66 valence electrons. The predicted molar refractivity (Wildman–Crippen MR) is 46.9 cm³/mol. The van der Waals surface area contributed by atoms with Crippen molar-refractivity contribution in [2.45, 2.75) is 18.4 Å². The van der Waals surface area contributed by atoms with Crippen molar-refractivity contribution in [2.24, 2.45) is 5.14 Å². The highest BCUT2D eigenvalue weighted by Crippen LogP contribution is 2.04. The number of nitrogens with two attached hydrogens (primary N) is 1. The van der Waals surface area contributed by atoms with E-state index in [-0.39, 0.29) is 5.03 Å². The molecule has 0 radical (unpaired) electrons. The fourth-order valence-electron chi connectivity index (χ4n) is 0.799. The Labute approximate surface area is 71.9 Å². The van der Waals surface area contributed by atoms with Crippen molar-refractivity contribution in [3.8, 4) is 0 Å². The molecule has 0 saturated heterocycles. The number of pyridine rings is 1. The second-order valence-corrected chi connectivity index (χ2v) is 4.08. The van der Waals surface area contributed by atoms with Crippen molar-refractivity contribution in [1.29, 1.82) is 4.78 Å². The molecule has 1 heterocycles. The van der Waals surface area contributed by atoms with Crippen LogP contribution in [0.2, 0.25) is 0 Å². The van der Waals surface area contributed by atoms with Crippen LogP contribution in [0.4, 0.5) is 0 Å². The van der Waals surface area contributed by atoms with Crippen molar-refractivity contribution < 1.29 is 4.21 Å². The van der Waals surface area contributed by atoms with Gasteiger partial charge in [0.05, 0.1) is 0 Å². The van der Waals surface area contributed by atoms with Crippen molar-refractivity contribution in [2.75, 3.05) is 0 Å². The van der Waals surface area contributed by atoms with E-state index in [0.717, 1.165) is 12.0 Å². The molecule has 1 rings (SSSR count). The monoisotopic (exact) mass is 185 g/mol. The topological polar surface area (TPSA) is 79.8 Å². The Balaban J connectivity index is 3.09. The van der Waals surface area contributed by atoms with Gasteiger partial charge in [0.1, 0.15) is 14.9 Å². The van der Waals surface area contributed by atoms with Crippen LogP contribution < -0.4 is 5.14 Å². The van der Waals surface area contributed by atoms with Gasteiger partial charge >= 0.3 is 0 Å². The quantitative estimate of drug-likeness (QED) is 0.718. The summed E-state index contributed by atoms with van der Waals surface area (Å²) >= 11 is 0. The van der Waals surface area contributed by atoms with Crippen LogP contribution >= 0.6 is 0 Å². The van der Waals surface area contributed by atoms with Gasteiger partial charge in [-0.15, -0.1) is 0 Å². The molecule has 0 aliphatic heterocycles. The van der Waals surface area contributed by atoms with E-state index in [1.807, 2.05) is 6.92 Å². The van der Waals surface area contributed by atoms with Gasteiger partial charge in [-0.1, -0.05) is 13.0 Å². The maximum atomic E-state index is 11.0. The average molecular weight is 185 g/mol. The van der Waals surface area contributed by atoms with Crippen LogP contribution in [0.1, 0.15) is 12.5 Å². The van der Waals surface area contributed by atoms with Gasteiger partial charge in [0, 0.05) is 6.20 Å². The summed E-state index contributed by atoms with van der Waals surface area (Å²) in [4.78, 5) is 3.83. The summed E-state index contributed by atoms with van der Waals surface area (Å²) < 4.78 is 18.0. The first-order chi connectivity index (χ1) is 5.54. The molecule has 3 N–H and O–H groups in total. The molecular formula is C7H11N3OS. The number of hydrogen-bond donors (Lipinski definition) is 2. The lowest BCUT2D eigenvalue weighted by molar-refractivity contribution is 0.673. The maximum absolute atomic E-state index is 11.0. The van der Waals surface area contributed by atoms with Gasteiger partial charge in [-0.3, -0.25) is 0 Å². The third-order valence-electron chi connectivity index (χ3n) is 1.52. The van der Waals surface area contributed by atoms with E-state index in [9.17, 15) is 4.21 Å². The molecule has 0 spiro atoms. The Morgan fingerprint density at radius 1 is 1.67 bits per heavy atom. The lowest BCUT2D eigenvalue weighted by atomic mass is 10.2. The third kappa shape index (κ3) is 2.02. The lowest BCUT2D eigenvalue weighted by Crippen LogP contribution is -2.11. The summed E-state index contributed by atoms with van der Waals surface area (Å²) in [6.45, 7) is 2.00. The van der Waals surface area contributed by atoms with E-state index >= 15 is 0 Å². The molecule has 4 nitrogen and oxygen atoms in total. The smallest absolute Gasteiger partial charge is 0.150 e. The van der Waals surface area contributed by atoms with E-state index < -0.39 is 9.92 Å². The zero-order chi connectivity index (χ0) is 9.19. The summed E-state index contributed by atoms with van der Waals surface area (Å²) in [5.74, 6) is 0. The molecule has 0 saturated carbocycles. The van der Waals surface area contributed by atoms with E-state index in [1.54, 1.807) is 12.3 Å². The Hall–Kier alpha value is -0.940. The Bertz CT molecular complexity index is 355. The minimum atomic E-state index is -3.14. The first-order valence-electron chi connectivity index (χ1n) is 3.55. The van der Waals surface area contributed by atoms with E-state index in [1.165, 1.54) is 6.07 Å².